The number of nitrogens with one attached hydrogen (secondary N) is 1. The Bertz CT molecular complexity index is 922. The Morgan fingerprint density at radius 1 is 1.07 bits per heavy atom. The molecular weight excluding hydrogens is 392 g/mol. The molecule has 0 bridgehead atoms. The molecule has 1 N–H and O–H groups in total. The molecule has 0 heterocycles. The maximum atomic E-state index is 12.6. The molecular formula is C21H28N2O5S. The Hall–Kier alpha value is -2.74. The predicted molar refractivity (Wildman–Crippen MR) is 114 cm³/mol. The first-order valence-electron chi connectivity index (χ1n) is 9.24. The lowest BCUT2D eigenvalue weighted by molar-refractivity contribution is -0.121. The minimum Gasteiger partial charge on any atom is -0.497 e. The van der Waals surface area contributed by atoms with Gasteiger partial charge in [-0.1, -0.05) is 6.07 Å². The van der Waals surface area contributed by atoms with E-state index in [1.54, 1.807) is 50.4 Å². The summed E-state index contributed by atoms with van der Waals surface area (Å²) in [6.07, 6.45) is 1.10. The van der Waals surface area contributed by atoms with Gasteiger partial charge in [-0.3, -0.25) is 9.10 Å². The Balaban J connectivity index is 1.99. The number of methoxy groups -OCH3 is 1. The van der Waals surface area contributed by atoms with Crippen LogP contribution in [0, 0.1) is 13.8 Å². The zero-order valence-corrected chi connectivity index (χ0v) is 18.2. The van der Waals surface area contributed by atoms with E-state index in [4.69, 9.17) is 9.47 Å². The van der Waals surface area contributed by atoms with E-state index in [1.807, 2.05) is 19.9 Å². The standard InChI is InChI=1S/C21H28N2O5S/c1-15-12-16(2)14-18(13-15)23(29(5,25)26)17(3)21(24)22-10-11-28-20-8-6-19(27-4)7-9-20/h6-9,12-14,17H,10-11H2,1-5H3,(H,22,24). The number of amides is 1. The van der Waals surface area contributed by atoms with Crippen molar-refractivity contribution in [3.63, 3.8) is 0 Å². The first-order valence-corrected chi connectivity index (χ1v) is 11.1. The zero-order valence-electron chi connectivity index (χ0n) is 17.4. The number of carbonyl (C=O) groups excluding carboxylic acids is 1. The van der Waals surface area contributed by atoms with Gasteiger partial charge in [-0.25, -0.2) is 8.42 Å². The van der Waals surface area contributed by atoms with E-state index in [-0.39, 0.29) is 13.2 Å². The Labute approximate surface area is 172 Å². The van der Waals surface area contributed by atoms with Crippen LogP contribution < -0.4 is 19.1 Å². The van der Waals surface area contributed by atoms with Crippen molar-refractivity contribution in [1.82, 2.24) is 5.32 Å². The third kappa shape index (κ3) is 6.39. The summed E-state index contributed by atoms with van der Waals surface area (Å²) in [5, 5.41) is 2.73. The van der Waals surface area contributed by atoms with Crippen molar-refractivity contribution in [2.24, 2.45) is 0 Å². The smallest absolute Gasteiger partial charge is 0.243 e. The second kappa shape index (κ2) is 9.65. The largest absolute Gasteiger partial charge is 0.497 e. The van der Waals surface area contributed by atoms with Crippen molar-refractivity contribution >= 4 is 21.6 Å². The van der Waals surface area contributed by atoms with Gasteiger partial charge in [0.15, 0.2) is 0 Å². The molecule has 0 saturated carbocycles. The first-order chi connectivity index (χ1) is 13.6. The van der Waals surface area contributed by atoms with Crippen LogP contribution in [0.3, 0.4) is 0 Å². The van der Waals surface area contributed by atoms with Gasteiger partial charge in [-0.05, 0) is 68.3 Å². The van der Waals surface area contributed by atoms with E-state index in [1.165, 1.54) is 0 Å². The van der Waals surface area contributed by atoms with E-state index < -0.39 is 22.0 Å². The summed E-state index contributed by atoms with van der Waals surface area (Å²) >= 11 is 0. The fourth-order valence-electron chi connectivity index (χ4n) is 3.05. The molecule has 2 rings (SSSR count). The third-order valence-corrected chi connectivity index (χ3v) is 5.52. The number of nitrogens with zero attached hydrogens (tertiary/aromatic N) is 1. The Kier molecular flexibility index (Phi) is 7.50. The van der Waals surface area contributed by atoms with Gasteiger partial charge < -0.3 is 14.8 Å². The number of benzene rings is 2. The van der Waals surface area contributed by atoms with Crippen molar-refractivity contribution in [3.05, 3.63) is 53.6 Å². The minimum atomic E-state index is -3.65. The van der Waals surface area contributed by atoms with Crippen LogP contribution in [0.25, 0.3) is 0 Å². The molecule has 0 spiro atoms. The molecule has 29 heavy (non-hydrogen) atoms. The molecule has 2 aromatic rings. The highest BCUT2D eigenvalue weighted by atomic mass is 32.2. The molecule has 0 saturated heterocycles. The number of carbonyl (C=O) groups is 1. The van der Waals surface area contributed by atoms with E-state index in [0.717, 1.165) is 27.4 Å². The SMILES string of the molecule is COc1ccc(OCCNC(=O)C(C)N(c2cc(C)cc(C)c2)S(C)(=O)=O)cc1. The lowest BCUT2D eigenvalue weighted by atomic mass is 10.1. The Morgan fingerprint density at radius 3 is 2.14 bits per heavy atom. The van der Waals surface area contributed by atoms with Crippen molar-refractivity contribution in [1.29, 1.82) is 0 Å². The van der Waals surface area contributed by atoms with Gasteiger partial charge in [0.05, 0.1) is 25.6 Å². The highest BCUT2D eigenvalue weighted by molar-refractivity contribution is 7.92. The highest BCUT2D eigenvalue weighted by Gasteiger charge is 2.29. The molecule has 2 aromatic carbocycles. The van der Waals surface area contributed by atoms with E-state index in [2.05, 4.69) is 5.32 Å². The van der Waals surface area contributed by atoms with Crippen LogP contribution in [0.15, 0.2) is 42.5 Å². The number of hydrogen-bond donors (Lipinski definition) is 1. The number of sulfonamides is 1. The average Bonchev–Trinajstić information content (AvgIpc) is 2.63. The number of rotatable bonds is 9. The summed E-state index contributed by atoms with van der Waals surface area (Å²) in [6.45, 7) is 5.85. The van der Waals surface area contributed by atoms with Gasteiger partial charge >= 0.3 is 0 Å². The van der Waals surface area contributed by atoms with Crippen LogP contribution in [0.5, 0.6) is 11.5 Å². The van der Waals surface area contributed by atoms with Gasteiger partial charge in [0.25, 0.3) is 0 Å². The molecule has 8 heteroatoms. The van der Waals surface area contributed by atoms with Gasteiger partial charge in [-0.2, -0.15) is 0 Å². The fraction of sp³-hybridized carbons (Fsp3) is 0.381. The van der Waals surface area contributed by atoms with Crippen LogP contribution >= 0.6 is 0 Å². The van der Waals surface area contributed by atoms with Gasteiger partial charge in [0, 0.05) is 0 Å². The molecule has 0 fully saturated rings. The highest BCUT2D eigenvalue weighted by Crippen LogP contribution is 2.24. The lowest BCUT2D eigenvalue weighted by Crippen LogP contribution is -2.48. The van der Waals surface area contributed by atoms with Crippen molar-refractivity contribution < 1.29 is 22.7 Å². The zero-order chi connectivity index (χ0) is 21.6. The van der Waals surface area contributed by atoms with Crippen LogP contribution in [0.4, 0.5) is 5.69 Å². The van der Waals surface area contributed by atoms with E-state index in [9.17, 15) is 13.2 Å². The van der Waals surface area contributed by atoms with Crippen molar-refractivity contribution in [2.75, 3.05) is 30.8 Å². The lowest BCUT2D eigenvalue weighted by Gasteiger charge is -2.28. The summed E-state index contributed by atoms with van der Waals surface area (Å²) in [6, 6.07) is 11.7. The molecule has 1 amide bonds. The molecule has 0 radical (unpaired) electrons. The molecule has 158 valence electrons. The monoisotopic (exact) mass is 420 g/mol. The number of hydrogen-bond acceptors (Lipinski definition) is 5. The van der Waals surface area contributed by atoms with Crippen molar-refractivity contribution in [3.8, 4) is 11.5 Å². The van der Waals surface area contributed by atoms with Gasteiger partial charge in [0.1, 0.15) is 24.1 Å². The quantitative estimate of drug-likeness (QED) is 0.631. The number of aryl methyl sites for hydroxylation is 2. The summed E-state index contributed by atoms with van der Waals surface area (Å²) < 4.78 is 36.6. The summed E-state index contributed by atoms with van der Waals surface area (Å²) in [5.74, 6) is 0.987. The normalized spacial score (nSPS) is 12.2. The topological polar surface area (TPSA) is 84.9 Å². The molecule has 7 nitrogen and oxygen atoms in total. The number of ether oxygens (including phenoxy) is 2. The summed E-state index contributed by atoms with van der Waals surface area (Å²) in [7, 11) is -2.06. The van der Waals surface area contributed by atoms with Crippen LogP contribution in [0.1, 0.15) is 18.1 Å². The predicted octanol–water partition coefficient (Wildman–Crippen LogP) is 2.66. The minimum absolute atomic E-state index is 0.250. The van der Waals surface area contributed by atoms with Crippen LogP contribution in [-0.4, -0.2) is 46.9 Å². The maximum absolute atomic E-state index is 12.6. The number of anilines is 1. The molecule has 0 aromatic heterocycles. The molecule has 1 unspecified atom stereocenters. The molecule has 0 aliphatic rings. The maximum Gasteiger partial charge on any atom is 0.243 e. The van der Waals surface area contributed by atoms with E-state index in [0.29, 0.717) is 11.4 Å². The molecule has 1 atom stereocenters. The Morgan fingerprint density at radius 2 is 1.62 bits per heavy atom. The molecule has 0 aliphatic carbocycles. The van der Waals surface area contributed by atoms with E-state index >= 15 is 0 Å². The van der Waals surface area contributed by atoms with Gasteiger partial charge in [0.2, 0.25) is 15.9 Å². The van der Waals surface area contributed by atoms with Crippen LogP contribution in [-0.2, 0) is 14.8 Å². The van der Waals surface area contributed by atoms with Gasteiger partial charge in [-0.15, -0.1) is 0 Å². The fourth-order valence-corrected chi connectivity index (χ4v) is 4.21. The molecule has 0 aliphatic heterocycles. The van der Waals surface area contributed by atoms with Crippen LogP contribution in [0.2, 0.25) is 0 Å². The second-order valence-electron chi connectivity index (χ2n) is 6.90. The summed E-state index contributed by atoms with van der Waals surface area (Å²) in [5.41, 5.74) is 2.32. The summed E-state index contributed by atoms with van der Waals surface area (Å²) in [4.78, 5) is 12.6. The first kappa shape index (κ1) is 22.5. The third-order valence-electron chi connectivity index (χ3n) is 4.28. The van der Waals surface area contributed by atoms with Crippen molar-refractivity contribution in [2.45, 2.75) is 26.8 Å². The average molecular weight is 421 g/mol. The second-order valence-corrected chi connectivity index (χ2v) is 8.76.